The van der Waals surface area contributed by atoms with E-state index in [-0.39, 0.29) is 29.4 Å². The lowest BCUT2D eigenvalue weighted by molar-refractivity contribution is -0.324. The van der Waals surface area contributed by atoms with Crippen molar-refractivity contribution < 1.29 is 63.1 Å². The van der Waals surface area contributed by atoms with Gasteiger partial charge in [0.25, 0.3) is 6.29 Å². The molecular weight excluding hydrogens is 616 g/mol. The lowest BCUT2D eigenvalue weighted by atomic mass is 9.70. The third-order valence-electron chi connectivity index (χ3n) is 9.25. The second-order valence-electron chi connectivity index (χ2n) is 11.6. The molecule has 1 saturated heterocycles. The molecule has 2 fully saturated rings. The summed E-state index contributed by atoms with van der Waals surface area (Å²) >= 11 is 0. The highest BCUT2D eigenvalue weighted by molar-refractivity contribution is 5.78. The van der Waals surface area contributed by atoms with Crippen molar-refractivity contribution in [2.75, 3.05) is 41.7 Å². The van der Waals surface area contributed by atoms with Crippen LogP contribution in [0.3, 0.4) is 0 Å². The number of hydrogen-bond donors (Lipinski definition) is 4. The molecule has 0 radical (unpaired) electrons. The molecule has 6 rings (SSSR count). The van der Waals surface area contributed by atoms with E-state index in [0.29, 0.717) is 16.9 Å². The molecule has 252 valence electrons. The monoisotopic (exact) mass is 654 g/mol. The van der Waals surface area contributed by atoms with Crippen LogP contribution in [0.15, 0.2) is 66.7 Å². The van der Waals surface area contributed by atoms with Gasteiger partial charge in [0.05, 0.1) is 46.0 Å². The number of benzene rings is 3. The first-order valence-corrected chi connectivity index (χ1v) is 15.0. The van der Waals surface area contributed by atoms with Crippen LogP contribution >= 0.6 is 0 Å². The van der Waals surface area contributed by atoms with Gasteiger partial charge >= 0.3 is 5.97 Å². The average Bonchev–Trinajstić information content (AvgIpc) is 3.49. The van der Waals surface area contributed by atoms with Crippen molar-refractivity contribution in [2.24, 2.45) is 5.92 Å². The lowest BCUT2D eigenvalue weighted by Gasteiger charge is -2.40. The molecule has 3 aliphatic rings. The number of esters is 1. The predicted octanol–water partition coefficient (Wildman–Crippen LogP) is 1.57. The van der Waals surface area contributed by atoms with Gasteiger partial charge in [0.2, 0.25) is 6.29 Å². The number of fused-ring (bicyclic) bond motifs is 3. The van der Waals surface area contributed by atoms with Crippen molar-refractivity contribution in [3.63, 3.8) is 0 Å². The van der Waals surface area contributed by atoms with Gasteiger partial charge in [-0.3, -0.25) is 4.79 Å². The van der Waals surface area contributed by atoms with E-state index >= 15 is 0 Å². The molecule has 9 atom stereocenters. The zero-order valence-electron chi connectivity index (χ0n) is 26.3. The summed E-state index contributed by atoms with van der Waals surface area (Å²) in [6, 6.07) is 18.8. The second-order valence-corrected chi connectivity index (χ2v) is 11.6. The smallest absolute Gasteiger partial charge is 0.312 e. The molecule has 0 amide bonds. The van der Waals surface area contributed by atoms with Gasteiger partial charge in [-0.2, -0.15) is 0 Å². The predicted molar refractivity (Wildman–Crippen MR) is 162 cm³/mol. The van der Waals surface area contributed by atoms with Gasteiger partial charge in [-0.15, -0.1) is 0 Å². The molecule has 13 heteroatoms. The van der Waals surface area contributed by atoms with E-state index in [0.717, 1.165) is 0 Å². The molecule has 1 unspecified atom stereocenters. The van der Waals surface area contributed by atoms with Gasteiger partial charge in [-0.1, -0.05) is 42.5 Å². The molecule has 0 spiro atoms. The van der Waals surface area contributed by atoms with Crippen molar-refractivity contribution >= 4 is 5.97 Å². The number of methoxy groups -OCH3 is 4. The number of aliphatic hydroxyl groups is 4. The van der Waals surface area contributed by atoms with Crippen LogP contribution in [-0.2, 0) is 34.9 Å². The number of aliphatic hydroxyl groups excluding tert-OH is 3. The summed E-state index contributed by atoms with van der Waals surface area (Å²) in [5, 5.41) is 44.7. The van der Waals surface area contributed by atoms with E-state index < -0.39 is 66.5 Å². The van der Waals surface area contributed by atoms with Crippen molar-refractivity contribution in [2.45, 2.75) is 48.0 Å². The highest BCUT2D eigenvalue weighted by Crippen LogP contribution is 2.70. The van der Waals surface area contributed by atoms with Crippen LogP contribution in [0.5, 0.6) is 23.0 Å². The molecule has 1 saturated carbocycles. The summed E-state index contributed by atoms with van der Waals surface area (Å²) in [6.07, 6.45) is -6.03. The van der Waals surface area contributed by atoms with Gasteiger partial charge in [0.15, 0.2) is 11.2 Å². The fourth-order valence-corrected chi connectivity index (χ4v) is 7.11. The minimum atomic E-state index is -2.25. The Bertz CT molecular complexity index is 1570. The fraction of sp³-hybridized carbons (Fsp3) is 0.441. The Morgan fingerprint density at radius 3 is 2.32 bits per heavy atom. The summed E-state index contributed by atoms with van der Waals surface area (Å²) in [5.74, 6) is -2.05. The molecule has 13 nitrogen and oxygen atoms in total. The van der Waals surface area contributed by atoms with E-state index in [1.807, 2.05) is 6.07 Å². The molecule has 3 aromatic carbocycles. The Labute approximate surface area is 271 Å². The van der Waals surface area contributed by atoms with Gasteiger partial charge in [0, 0.05) is 25.2 Å². The third-order valence-corrected chi connectivity index (χ3v) is 9.25. The summed E-state index contributed by atoms with van der Waals surface area (Å²) < 4.78 is 46.2. The third kappa shape index (κ3) is 5.10. The quantitative estimate of drug-likeness (QED) is 0.233. The Balaban J connectivity index is 1.52. The molecular formula is C34H38O13. The van der Waals surface area contributed by atoms with Gasteiger partial charge in [-0.25, -0.2) is 0 Å². The lowest BCUT2D eigenvalue weighted by Crippen LogP contribution is -2.52. The molecule has 2 aliphatic heterocycles. The number of carbonyl (C=O) groups is 1. The van der Waals surface area contributed by atoms with E-state index in [2.05, 4.69) is 0 Å². The second kappa shape index (κ2) is 12.9. The molecule has 1 aliphatic carbocycles. The summed E-state index contributed by atoms with van der Waals surface area (Å²) in [4.78, 5) is 13.5. The number of hydrogen-bond acceptors (Lipinski definition) is 13. The first kappa shape index (κ1) is 33.0. The number of rotatable bonds is 10. The maximum atomic E-state index is 13.5. The number of carbonyl (C=O) groups excluding carboxylic acids is 1. The maximum Gasteiger partial charge on any atom is 0.312 e. The van der Waals surface area contributed by atoms with Gasteiger partial charge < -0.3 is 58.3 Å². The molecule has 0 bridgehead atoms. The van der Waals surface area contributed by atoms with Crippen LogP contribution in [0.1, 0.15) is 22.6 Å². The standard InChI is InChI=1S/C34H38O13/c1-40-20-12-10-19(11-13-20)34-27(18-8-6-5-7-9-18)26(30(38)42-3)29(37)33(34,39)28-23(41-2)14-21(15-24(28)47-34)45-32-31(43-4)44-17-25(46-32)22(36)16-35/h5-15,22,25-27,29,31-32,35-37,39H,16-17H2,1-4H3/t22?,25-,26-,27-,29-,31-,32-,33+,34+/m1/s1. The zero-order chi connectivity index (χ0) is 33.5. The number of ether oxygens (including phenoxy) is 8. The highest BCUT2D eigenvalue weighted by Gasteiger charge is 2.78. The van der Waals surface area contributed by atoms with Crippen molar-refractivity contribution in [1.82, 2.24) is 0 Å². The van der Waals surface area contributed by atoms with Crippen LogP contribution in [0.25, 0.3) is 0 Å². The molecule has 3 aromatic rings. The largest absolute Gasteiger partial charge is 0.497 e. The van der Waals surface area contributed by atoms with Gasteiger partial charge in [0.1, 0.15) is 41.3 Å². The van der Waals surface area contributed by atoms with Crippen molar-refractivity contribution in [3.8, 4) is 23.0 Å². The minimum Gasteiger partial charge on any atom is -0.497 e. The SMILES string of the molecule is COC(=O)[C@H]1[C@@H](O)[C@@]2(O)c3c(OC)cc(O[C@@H]4O[C@@H](C(O)CO)CO[C@H]4OC)cc3O[C@@]2(c2ccc(OC)cc2)[C@@H]1c1ccccc1. The molecule has 47 heavy (non-hydrogen) atoms. The average molecular weight is 655 g/mol. The normalized spacial score (nSPS) is 31.7. The zero-order valence-corrected chi connectivity index (χ0v) is 26.3. The van der Waals surface area contributed by atoms with Crippen molar-refractivity contribution in [1.29, 1.82) is 0 Å². The molecule has 4 N–H and O–H groups in total. The van der Waals surface area contributed by atoms with Crippen LogP contribution in [0.2, 0.25) is 0 Å². The minimum absolute atomic E-state index is 0.0474. The topological polar surface area (TPSA) is 172 Å². The first-order chi connectivity index (χ1) is 22.7. The summed E-state index contributed by atoms with van der Waals surface area (Å²) in [5.41, 5.74) is -2.88. The van der Waals surface area contributed by atoms with Crippen LogP contribution in [0, 0.1) is 5.92 Å². The van der Waals surface area contributed by atoms with E-state index in [4.69, 9.17) is 37.9 Å². The van der Waals surface area contributed by atoms with E-state index in [9.17, 15) is 25.2 Å². The van der Waals surface area contributed by atoms with Crippen LogP contribution in [0.4, 0.5) is 0 Å². The van der Waals surface area contributed by atoms with E-state index in [1.54, 1.807) is 48.5 Å². The van der Waals surface area contributed by atoms with Crippen molar-refractivity contribution in [3.05, 3.63) is 83.4 Å². The van der Waals surface area contributed by atoms with Gasteiger partial charge in [-0.05, 0) is 23.3 Å². The maximum absolute atomic E-state index is 13.5. The Hall–Kier alpha value is -3.95. The molecule has 0 aromatic heterocycles. The van der Waals surface area contributed by atoms with Crippen LogP contribution < -0.4 is 18.9 Å². The summed E-state index contributed by atoms with van der Waals surface area (Å²) in [7, 11) is 5.54. The van der Waals surface area contributed by atoms with E-state index in [1.165, 1.54) is 40.6 Å². The first-order valence-electron chi connectivity index (χ1n) is 15.0. The molecule has 2 heterocycles. The van der Waals surface area contributed by atoms with Crippen LogP contribution in [-0.4, -0.2) is 98.9 Å². The highest BCUT2D eigenvalue weighted by atomic mass is 16.8. The fourth-order valence-electron chi connectivity index (χ4n) is 7.11. The Kier molecular flexibility index (Phi) is 9.06. The summed E-state index contributed by atoms with van der Waals surface area (Å²) in [6.45, 7) is -0.601. The Morgan fingerprint density at radius 1 is 0.979 bits per heavy atom. The Morgan fingerprint density at radius 2 is 1.70 bits per heavy atom.